The van der Waals surface area contributed by atoms with Gasteiger partial charge in [-0.25, -0.2) is 0 Å². The maximum atomic E-state index is 9.46. The standard InChI is InChI=1S/C10H20O2/c1-10(2,3)7-4-5-8(11)9(12)6-7/h7-9,11-12H,4-6H2,1-3H3. The highest BCUT2D eigenvalue weighted by molar-refractivity contribution is 4.85. The quantitative estimate of drug-likeness (QED) is 0.582. The molecule has 2 N–H and O–H groups in total. The number of hydrogen-bond donors (Lipinski definition) is 2. The summed E-state index contributed by atoms with van der Waals surface area (Å²) in [5, 5.41) is 18.8. The lowest BCUT2D eigenvalue weighted by atomic mass is 9.71. The van der Waals surface area contributed by atoms with Gasteiger partial charge in [-0.15, -0.1) is 0 Å². The third-order valence-corrected chi connectivity index (χ3v) is 3.01. The number of aliphatic hydroxyl groups is 2. The van der Waals surface area contributed by atoms with Crippen LogP contribution in [0.5, 0.6) is 0 Å². The zero-order valence-electron chi connectivity index (χ0n) is 8.25. The van der Waals surface area contributed by atoms with Crippen molar-refractivity contribution in [1.29, 1.82) is 0 Å². The van der Waals surface area contributed by atoms with Crippen LogP contribution in [0.1, 0.15) is 40.0 Å². The predicted octanol–water partition coefficient (Wildman–Crippen LogP) is 1.55. The van der Waals surface area contributed by atoms with Gasteiger partial charge in [0.2, 0.25) is 0 Å². The van der Waals surface area contributed by atoms with E-state index in [-0.39, 0.29) is 5.41 Å². The maximum Gasteiger partial charge on any atom is 0.0801 e. The Morgan fingerprint density at radius 3 is 2.00 bits per heavy atom. The number of hydrogen-bond acceptors (Lipinski definition) is 2. The van der Waals surface area contributed by atoms with E-state index in [1.165, 1.54) is 0 Å². The number of aliphatic hydroxyl groups excluding tert-OH is 2. The van der Waals surface area contributed by atoms with Gasteiger partial charge in [0.05, 0.1) is 12.2 Å². The van der Waals surface area contributed by atoms with Crippen LogP contribution in [0.25, 0.3) is 0 Å². The van der Waals surface area contributed by atoms with E-state index in [9.17, 15) is 10.2 Å². The van der Waals surface area contributed by atoms with E-state index in [0.29, 0.717) is 5.92 Å². The Morgan fingerprint density at radius 1 is 1.00 bits per heavy atom. The van der Waals surface area contributed by atoms with E-state index in [4.69, 9.17) is 0 Å². The van der Waals surface area contributed by atoms with Crippen LogP contribution in [-0.4, -0.2) is 22.4 Å². The molecule has 1 aliphatic rings. The van der Waals surface area contributed by atoms with E-state index in [1.54, 1.807) is 0 Å². The van der Waals surface area contributed by atoms with Crippen LogP contribution in [0.3, 0.4) is 0 Å². The molecule has 1 rings (SSSR count). The summed E-state index contributed by atoms with van der Waals surface area (Å²) in [4.78, 5) is 0. The molecule has 1 aliphatic carbocycles. The van der Waals surface area contributed by atoms with Gasteiger partial charge in [-0.3, -0.25) is 0 Å². The lowest BCUT2D eigenvalue weighted by Gasteiger charge is -2.38. The summed E-state index contributed by atoms with van der Waals surface area (Å²) >= 11 is 0. The molecule has 3 unspecified atom stereocenters. The fourth-order valence-electron chi connectivity index (χ4n) is 1.92. The fourth-order valence-corrected chi connectivity index (χ4v) is 1.92. The Hall–Kier alpha value is -0.0800. The van der Waals surface area contributed by atoms with Gasteiger partial charge < -0.3 is 10.2 Å². The first-order valence-electron chi connectivity index (χ1n) is 4.77. The normalized spacial score (nSPS) is 38.2. The molecule has 0 saturated heterocycles. The van der Waals surface area contributed by atoms with Gasteiger partial charge in [0.25, 0.3) is 0 Å². The van der Waals surface area contributed by atoms with Crippen LogP contribution in [0.4, 0.5) is 0 Å². The maximum absolute atomic E-state index is 9.46. The molecule has 0 aromatic rings. The summed E-state index contributed by atoms with van der Waals surface area (Å²) in [6.45, 7) is 6.59. The summed E-state index contributed by atoms with van der Waals surface area (Å²) in [5.74, 6) is 0.552. The van der Waals surface area contributed by atoms with Crippen molar-refractivity contribution in [2.75, 3.05) is 0 Å². The zero-order chi connectivity index (χ0) is 9.35. The Labute approximate surface area is 74.6 Å². The highest BCUT2D eigenvalue weighted by Gasteiger charge is 2.33. The van der Waals surface area contributed by atoms with Crippen molar-refractivity contribution in [2.24, 2.45) is 11.3 Å². The molecule has 2 heteroatoms. The van der Waals surface area contributed by atoms with Crippen molar-refractivity contribution in [3.63, 3.8) is 0 Å². The molecular weight excluding hydrogens is 152 g/mol. The molecule has 0 amide bonds. The summed E-state index contributed by atoms with van der Waals surface area (Å²) in [6.07, 6.45) is 1.57. The van der Waals surface area contributed by atoms with Crippen LogP contribution < -0.4 is 0 Å². The van der Waals surface area contributed by atoms with E-state index >= 15 is 0 Å². The first-order valence-corrected chi connectivity index (χ1v) is 4.77. The molecule has 0 bridgehead atoms. The summed E-state index contributed by atoms with van der Waals surface area (Å²) < 4.78 is 0. The Bertz CT molecular complexity index is 148. The van der Waals surface area contributed by atoms with Gasteiger partial charge in [0, 0.05) is 0 Å². The largest absolute Gasteiger partial charge is 0.390 e. The van der Waals surface area contributed by atoms with Gasteiger partial charge >= 0.3 is 0 Å². The molecule has 12 heavy (non-hydrogen) atoms. The molecule has 1 fully saturated rings. The third kappa shape index (κ3) is 2.20. The molecule has 3 atom stereocenters. The molecule has 0 spiro atoms. The topological polar surface area (TPSA) is 40.5 Å². The summed E-state index contributed by atoms with van der Waals surface area (Å²) in [6, 6.07) is 0. The highest BCUT2D eigenvalue weighted by Crippen LogP contribution is 2.37. The fraction of sp³-hybridized carbons (Fsp3) is 1.00. The highest BCUT2D eigenvalue weighted by atomic mass is 16.3. The molecule has 0 heterocycles. The second-order valence-electron chi connectivity index (χ2n) is 5.01. The van der Waals surface area contributed by atoms with Crippen LogP contribution in [-0.2, 0) is 0 Å². The Balaban J connectivity index is 2.51. The van der Waals surface area contributed by atoms with Gasteiger partial charge in [0.1, 0.15) is 0 Å². The average Bonchev–Trinajstić information content (AvgIpc) is 1.92. The zero-order valence-corrected chi connectivity index (χ0v) is 8.25. The molecule has 0 aromatic heterocycles. The average molecular weight is 172 g/mol. The van der Waals surface area contributed by atoms with E-state index in [0.717, 1.165) is 19.3 Å². The lowest BCUT2D eigenvalue weighted by molar-refractivity contribution is -0.0432. The van der Waals surface area contributed by atoms with Crippen molar-refractivity contribution < 1.29 is 10.2 Å². The summed E-state index contributed by atoms with van der Waals surface area (Å²) in [5.41, 5.74) is 0.265. The van der Waals surface area contributed by atoms with Crippen molar-refractivity contribution in [1.82, 2.24) is 0 Å². The predicted molar refractivity (Wildman–Crippen MR) is 48.8 cm³/mol. The Kier molecular flexibility index (Phi) is 2.79. The third-order valence-electron chi connectivity index (χ3n) is 3.01. The van der Waals surface area contributed by atoms with Crippen LogP contribution in [0.2, 0.25) is 0 Å². The molecule has 0 aliphatic heterocycles. The molecule has 0 radical (unpaired) electrons. The smallest absolute Gasteiger partial charge is 0.0801 e. The SMILES string of the molecule is CC(C)(C)C1CCC(O)C(O)C1. The van der Waals surface area contributed by atoms with Crippen molar-refractivity contribution in [3.8, 4) is 0 Å². The van der Waals surface area contributed by atoms with Crippen LogP contribution in [0.15, 0.2) is 0 Å². The monoisotopic (exact) mass is 172 g/mol. The second kappa shape index (κ2) is 3.35. The molecule has 0 aromatic carbocycles. The van der Waals surface area contributed by atoms with Gasteiger partial charge in [-0.2, -0.15) is 0 Å². The van der Waals surface area contributed by atoms with Gasteiger partial charge in [-0.1, -0.05) is 20.8 Å². The van der Waals surface area contributed by atoms with Gasteiger partial charge in [0.15, 0.2) is 0 Å². The first kappa shape index (κ1) is 10.0. The molecule has 72 valence electrons. The summed E-state index contributed by atoms with van der Waals surface area (Å²) in [7, 11) is 0. The van der Waals surface area contributed by atoms with Crippen LogP contribution in [0, 0.1) is 11.3 Å². The van der Waals surface area contributed by atoms with Crippen molar-refractivity contribution in [2.45, 2.75) is 52.2 Å². The van der Waals surface area contributed by atoms with Gasteiger partial charge in [-0.05, 0) is 30.6 Å². The van der Waals surface area contributed by atoms with Crippen molar-refractivity contribution in [3.05, 3.63) is 0 Å². The van der Waals surface area contributed by atoms with E-state index in [2.05, 4.69) is 20.8 Å². The lowest BCUT2D eigenvalue weighted by Crippen LogP contribution is -2.37. The molecule has 1 saturated carbocycles. The van der Waals surface area contributed by atoms with Crippen LogP contribution >= 0.6 is 0 Å². The minimum absolute atomic E-state index is 0.265. The molecular formula is C10H20O2. The van der Waals surface area contributed by atoms with Crippen molar-refractivity contribution >= 4 is 0 Å². The van der Waals surface area contributed by atoms with E-state index < -0.39 is 12.2 Å². The Morgan fingerprint density at radius 2 is 1.58 bits per heavy atom. The number of rotatable bonds is 0. The van der Waals surface area contributed by atoms with E-state index in [1.807, 2.05) is 0 Å². The minimum Gasteiger partial charge on any atom is -0.390 e. The minimum atomic E-state index is -0.497. The molecule has 2 nitrogen and oxygen atoms in total. The second-order valence-corrected chi connectivity index (χ2v) is 5.01. The first-order chi connectivity index (χ1) is 5.41.